The molecule has 2 saturated heterocycles. The number of carbonyl (C=O) groups excluding carboxylic acids is 2. The molecule has 4 aromatic rings. The van der Waals surface area contributed by atoms with Crippen LogP contribution in [0.25, 0.3) is 16.6 Å². The second kappa shape index (κ2) is 7.92. The number of ether oxygens (including phenoxy) is 1. The zero-order valence-electron chi connectivity index (χ0n) is 21.3. The lowest BCUT2D eigenvalue weighted by Gasteiger charge is -2.25. The van der Waals surface area contributed by atoms with Gasteiger partial charge in [-0.1, -0.05) is 0 Å². The lowest BCUT2D eigenvalue weighted by molar-refractivity contribution is 0.0389. The summed E-state index contributed by atoms with van der Waals surface area (Å²) in [5, 5.41) is 8.18. The third-order valence-electron chi connectivity index (χ3n) is 6.73. The smallest absolute Gasteiger partial charge is 0.411 e. The summed E-state index contributed by atoms with van der Waals surface area (Å²) in [6, 6.07) is 5.13. The standard InChI is InChI=1S/C26H28FN7O3/c1-14-9-33-10-15(8-18(27)23(33)28-14)29-24(35)16-6-7-19(17-11-31(5)30-22(16)17)32-12-20-21(13-32)34(20)25(36)37-26(2,3)4/h6-11,20-21H,12-13H2,1-5H3,(H,29,35). The Bertz CT molecular complexity index is 1570. The Balaban J connectivity index is 1.23. The number of amides is 2. The first-order valence-corrected chi connectivity index (χ1v) is 12.2. The van der Waals surface area contributed by atoms with Crippen LogP contribution in [0.5, 0.6) is 0 Å². The number of rotatable bonds is 3. The summed E-state index contributed by atoms with van der Waals surface area (Å²) < 4.78 is 23.2. The number of fused-ring (bicyclic) bond motifs is 3. The highest BCUT2D eigenvalue weighted by Gasteiger charge is 2.58. The third kappa shape index (κ3) is 4.04. The van der Waals surface area contributed by atoms with Crippen LogP contribution in [0.4, 0.5) is 20.6 Å². The number of aryl methyl sites for hydroxylation is 2. The third-order valence-corrected chi connectivity index (χ3v) is 6.73. The molecule has 0 saturated carbocycles. The fourth-order valence-electron chi connectivity index (χ4n) is 5.17. The molecule has 2 unspecified atom stereocenters. The number of aromatic nitrogens is 4. The zero-order chi connectivity index (χ0) is 26.2. The van der Waals surface area contributed by atoms with E-state index in [1.807, 2.05) is 40.1 Å². The maximum Gasteiger partial charge on any atom is 0.411 e. The molecule has 3 aromatic heterocycles. The van der Waals surface area contributed by atoms with E-state index in [1.165, 1.54) is 6.07 Å². The van der Waals surface area contributed by atoms with Crippen molar-refractivity contribution in [2.75, 3.05) is 23.3 Å². The molecule has 10 nitrogen and oxygen atoms in total. The number of imidazole rings is 1. The van der Waals surface area contributed by atoms with Crippen LogP contribution in [0.15, 0.2) is 36.8 Å². The summed E-state index contributed by atoms with van der Waals surface area (Å²) in [5.41, 5.74) is 2.59. The average molecular weight is 506 g/mol. The average Bonchev–Trinajstić information content (AvgIpc) is 3.13. The van der Waals surface area contributed by atoms with E-state index in [0.717, 1.165) is 11.1 Å². The molecule has 0 radical (unpaired) electrons. The molecule has 0 spiro atoms. The minimum atomic E-state index is -0.527. The van der Waals surface area contributed by atoms with E-state index < -0.39 is 11.4 Å². The molecule has 2 aliphatic rings. The SMILES string of the molecule is Cc1cn2cc(NC(=O)c3ccc(N4CC5C(C4)N5C(=O)OC(C)(C)C)c4cn(C)nc34)cc(F)c2n1. The van der Waals surface area contributed by atoms with Crippen molar-refractivity contribution >= 4 is 39.9 Å². The van der Waals surface area contributed by atoms with Crippen molar-refractivity contribution in [3.63, 3.8) is 0 Å². The predicted octanol–water partition coefficient (Wildman–Crippen LogP) is 3.73. The number of benzene rings is 1. The molecule has 1 aromatic carbocycles. The quantitative estimate of drug-likeness (QED) is 0.426. The van der Waals surface area contributed by atoms with Gasteiger partial charge >= 0.3 is 6.09 Å². The summed E-state index contributed by atoms with van der Waals surface area (Å²) in [7, 11) is 1.81. The van der Waals surface area contributed by atoms with Crippen LogP contribution in [0.2, 0.25) is 0 Å². The van der Waals surface area contributed by atoms with E-state index in [2.05, 4.69) is 20.3 Å². The number of nitrogens with one attached hydrogen (secondary N) is 1. The second-order valence-corrected chi connectivity index (χ2v) is 10.8. The van der Waals surface area contributed by atoms with Gasteiger partial charge in [0, 0.05) is 55.9 Å². The molecular weight excluding hydrogens is 477 g/mol. The van der Waals surface area contributed by atoms with Gasteiger partial charge in [-0.3, -0.25) is 14.4 Å². The van der Waals surface area contributed by atoms with Gasteiger partial charge in [0.1, 0.15) is 11.1 Å². The molecule has 2 atom stereocenters. The van der Waals surface area contributed by atoms with Gasteiger partial charge < -0.3 is 19.4 Å². The predicted molar refractivity (Wildman–Crippen MR) is 136 cm³/mol. The molecule has 1 N–H and O–H groups in total. The Morgan fingerprint density at radius 2 is 1.86 bits per heavy atom. The molecule has 2 amide bonds. The number of hydrogen-bond donors (Lipinski definition) is 1. The number of halogens is 1. The molecule has 2 aliphatic heterocycles. The monoisotopic (exact) mass is 505 g/mol. The second-order valence-electron chi connectivity index (χ2n) is 10.8. The highest BCUT2D eigenvalue weighted by atomic mass is 19.1. The van der Waals surface area contributed by atoms with Crippen LogP contribution in [0.1, 0.15) is 36.8 Å². The first-order valence-electron chi connectivity index (χ1n) is 12.2. The van der Waals surface area contributed by atoms with Crippen molar-refractivity contribution in [2.24, 2.45) is 7.05 Å². The van der Waals surface area contributed by atoms with Gasteiger partial charge in [0.15, 0.2) is 11.5 Å². The summed E-state index contributed by atoms with van der Waals surface area (Å²) in [5.74, 6) is -0.900. The topological polar surface area (TPSA) is 96.8 Å². The molecule has 2 fully saturated rings. The van der Waals surface area contributed by atoms with Crippen molar-refractivity contribution < 1.29 is 18.7 Å². The Morgan fingerprint density at radius 1 is 1.14 bits per heavy atom. The van der Waals surface area contributed by atoms with Crippen molar-refractivity contribution in [1.82, 2.24) is 24.1 Å². The lowest BCUT2D eigenvalue weighted by atomic mass is 10.1. The van der Waals surface area contributed by atoms with Crippen molar-refractivity contribution in [1.29, 1.82) is 0 Å². The van der Waals surface area contributed by atoms with Crippen molar-refractivity contribution in [2.45, 2.75) is 45.4 Å². The maximum absolute atomic E-state index is 14.5. The fraction of sp³-hybridized carbons (Fsp3) is 0.385. The van der Waals surface area contributed by atoms with E-state index >= 15 is 0 Å². The van der Waals surface area contributed by atoms with Gasteiger partial charge in [0.05, 0.1) is 29.0 Å². The van der Waals surface area contributed by atoms with E-state index in [1.54, 1.807) is 39.4 Å². The van der Waals surface area contributed by atoms with Crippen LogP contribution in [-0.4, -0.2) is 66.8 Å². The number of pyridine rings is 1. The van der Waals surface area contributed by atoms with Crippen LogP contribution in [0, 0.1) is 12.7 Å². The number of anilines is 2. The van der Waals surface area contributed by atoms with Gasteiger partial charge in [0.2, 0.25) is 0 Å². The fourth-order valence-corrected chi connectivity index (χ4v) is 5.17. The largest absolute Gasteiger partial charge is 0.444 e. The molecule has 0 bridgehead atoms. The van der Waals surface area contributed by atoms with Crippen LogP contribution >= 0.6 is 0 Å². The highest BCUT2D eigenvalue weighted by molar-refractivity contribution is 6.14. The lowest BCUT2D eigenvalue weighted by Crippen LogP contribution is -2.35. The molecule has 6 rings (SSSR count). The molecular formula is C26H28FN7O3. The molecule has 11 heteroatoms. The Hall–Kier alpha value is -4.15. The van der Waals surface area contributed by atoms with E-state index in [4.69, 9.17) is 4.74 Å². The number of nitrogens with zero attached hydrogens (tertiary/aromatic N) is 6. The minimum absolute atomic E-state index is 0.112. The van der Waals surface area contributed by atoms with E-state index in [9.17, 15) is 14.0 Å². The van der Waals surface area contributed by atoms with Crippen LogP contribution in [-0.2, 0) is 11.8 Å². The first-order chi connectivity index (χ1) is 17.5. The van der Waals surface area contributed by atoms with Gasteiger partial charge in [-0.05, 0) is 39.8 Å². The summed E-state index contributed by atoms with van der Waals surface area (Å²) >= 11 is 0. The van der Waals surface area contributed by atoms with Crippen molar-refractivity contribution in [3.8, 4) is 0 Å². The summed E-state index contributed by atoms with van der Waals surface area (Å²) in [6.45, 7) is 8.73. The number of hydrogen-bond acceptors (Lipinski definition) is 6. The zero-order valence-corrected chi connectivity index (χ0v) is 21.3. The van der Waals surface area contributed by atoms with Gasteiger partial charge in [0.25, 0.3) is 5.91 Å². The normalized spacial score (nSPS) is 19.0. The summed E-state index contributed by atoms with van der Waals surface area (Å²) in [4.78, 5) is 33.8. The minimum Gasteiger partial charge on any atom is -0.444 e. The van der Waals surface area contributed by atoms with E-state index in [0.29, 0.717) is 35.6 Å². The van der Waals surface area contributed by atoms with Gasteiger partial charge in [-0.15, -0.1) is 0 Å². The molecule has 192 valence electrons. The summed E-state index contributed by atoms with van der Waals surface area (Å²) in [6.07, 6.45) is 4.94. The maximum atomic E-state index is 14.5. The van der Waals surface area contributed by atoms with Crippen molar-refractivity contribution in [3.05, 3.63) is 53.9 Å². The highest BCUT2D eigenvalue weighted by Crippen LogP contribution is 2.41. The van der Waals surface area contributed by atoms with Gasteiger partial charge in [-0.25, -0.2) is 14.2 Å². The van der Waals surface area contributed by atoms with Crippen LogP contribution < -0.4 is 10.2 Å². The Kier molecular flexibility index (Phi) is 4.98. The number of piperazine rings is 1. The van der Waals surface area contributed by atoms with Gasteiger partial charge in [-0.2, -0.15) is 5.10 Å². The van der Waals surface area contributed by atoms with E-state index in [-0.39, 0.29) is 29.7 Å². The molecule has 5 heterocycles. The number of carbonyl (C=O) groups is 2. The Labute approximate surface area is 212 Å². The molecule has 0 aliphatic carbocycles. The van der Waals surface area contributed by atoms with Crippen LogP contribution in [0.3, 0.4) is 0 Å². The Morgan fingerprint density at radius 3 is 2.57 bits per heavy atom. The first kappa shape index (κ1) is 23.3. The molecule has 37 heavy (non-hydrogen) atoms.